The Morgan fingerprint density at radius 3 is 2.77 bits per heavy atom. The van der Waals surface area contributed by atoms with Crippen LogP contribution in [0.2, 0.25) is 0 Å². The van der Waals surface area contributed by atoms with E-state index in [1.807, 2.05) is 0 Å². The van der Waals surface area contributed by atoms with Gasteiger partial charge in [0.15, 0.2) is 17.4 Å². The van der Waals surface area contributed by atoms with E-state index in [4.69, 9.17) is 10.5 Å². The third-order valence-corrected chi connectivity index (χ3v) is 3.82. The highest BCUT2D eigenvalue weighted by atomic mass is 16.6. The van der Waals surface area contributed by atoms with Gasteiger partial charge in [-0.25, -0.2) is 4.98 Å². The van der Waals surface area contributed by atoms with Crippen molar-refractivity contribution in [3.63, 3.8) is 0 Å². The van der Waals surface area contributed by atoms with Gasteiger partial charge in [0.25, 0.3) is 0 Å². The molecule has 3 heterocycles. The second-order valence-corrected chi connectivity index (χ2v) is 5.33. The van der Waals surface area contributed by atoms with Crippen molar-refractivity contribution in [1.82, 2.24) is 19.3 Å². The molecule has 6 N–H and O–H groups in total. The number of aliphatic hydroxyl groups excluding tert-OH is 3. The molecule has 120 valence electrons. The molecular formula is C11H15N5O6. The van der Waals surface area contributed by atoms with Crippen molar-refractivity contribution in [2.45, 2.75) is 31.0 Å². The molecule has 2 unspecified atom stereocenters. The van der Waals surface area contributed by atoms with Crippen molar-refractivity contribution < 1.29 is 25.3 Å². The fourth-order valence-corrected chi connectivity index (χ4v) is 2.50. The number of nitrogens with zero attached hydrogens (tertiary/aromatic N) is 4. The molecule has 0 aliphatic carbocycles. The van der Waals surface area contributed by atoms with Crippen LogP contribution in [0.5, 0.6) is 0 Å². The second kappa shape index (κ2) is 4.64. The highest BCUT2D eigenvalue weighted by Crippen LogP contribution is 2.37. The van der Waals surface area contributed by atoms with Crippen LogP contribution in [0.4, 0.5) is 5.95 Å². The Labute approximate surface area is 122 Å². The minimum atomic E-state index is -1.42. The van der Waals surface area contributed by atoms with Gasteiger partial charge in [-0.2, -0.15) is 4.98 Å². The summed E-state index contributed by atoms with van der Waals surface area (Å²) in [4.78, 5) is 18.9. The molecule has 2 aromatic rings. The molecular weight excluding hydrogens is 298 g/mol. The van der Waals surface area contributed by atoms with Gasteiger partial charge < -0.3 is 31.0 Å². The number of aromatic nitrogens is 4. The number of anilines is 1. The molecule has 11 heteroatoms. The van der Waals surface area contributed by atoms with Crippen molar-refractivity contribution in [3.8, 4) is 0 Å². The maximum atomic E-state index is 11.7. The third kappa shape index (κ3) is 1.80. The van der Waals surface area contributed by atoms with Crippen LogP contribution >= 0.6 is 0 Å². The van der Waals surface area contributed by atoms with Gasteiger partial charge in [-0.15, -0.1) is 4.73 Å². The lowest BCUT2D eigenvalue weighted by molar-refractivity contribution is -0.116. The van der Waals surface area contributed by atoms with Gasteiger partial charge in [0.05, 0.1) is 12.9 Å². The molecule has 4 atom stereocenters. The first-order valence-electron chi connectivity index (χ1n) is 6.39. The molecule has 1 saturated heterocycles. The summed E-state index contributed by atoms with van der Waals surface area (Å²) in [5, 5.41) is 39.4. The Hall–Kier alpha value is -2.21. The van der Waals surface area contributed by atoms with E-state index in [0.717, 1.165) is 10.9 Å². The van der Waals surface area contributed by atoms with Crippen LogP contribution in [0.1, 0.15) is 13.2 Å². The Kier molecular flexibility index (Phi) is 3.11. The van der Waals surface area contributed by atoms with Crippen LogP contribution in [0, 0.1) is 0 Å². The molecule has 0 spiro atoms. The summed E-state index contributed by atoms with van der Waals surface area (Å²) in [6, 6.07) is 0. The third-order valence-electron chi connectivity index (χ3n) is 3.82. The number of rotatable bonds is 2. The Balaban J connectivity index is 2.18. The highest BCUT2D eigenvalue weighted by molar-refractivity contribution is 5.71. The van der Waals surface area contributed by atoms with Gasteiger partial charge in [-0.1, -0.05) is 0 Å². The fraction of sp³-hybridized carbons (Fsp3) is 0.545. The number of fused-ring (bicyclic) bond motifs is 1. The van der Waals surface area contributed by atoms with Crippen LogP contribution in [-0.2, 0) is 4.74 Å². The molecule has 0 radical (unpaired) electrons. The van der Waals surface area contributed by atoms with E-state index in [1.54, 1.807) is 0 Å². The molecule has 0 aromatic carbocycles. The number of imidazole rings is 1. The molecule has 1 fully saturated rings. The number of nitrogens with two attached hydrogens (primary N) is 1. The van der Waals surface area contributed by atoms with Crippen molar-refractivity contribution >= 4 is 17.1 Å². The topological polar surface area (TPSA) is 169 Å². The van der Waals surface area contributed by atoms with E-state index in [1.165, 1.54) is 6.92 Å². The SMILES string of the molecule is C[C@]1(CO)O[C@@H](n2cnc3c(=O)nc(N)n(O)c32)C(O)C1O. The Morgan fingerprint density at radius 1 is 1.50 bits per heavy atom. The average molecular weight is 313 g/mol. The number of ether oxygens (including phenoxy) is 1. The predicted octanol–water partition coefficient (Wildman–Crippen LogP) is -2.59. The normalized spacial score (nSPS) is 31.9. The first-order valence-corrected chi connectivity index (χ1v) is 6.39. The first-order chi connectivity index (χ1) is 10.3. The zero-order chi connectivity index (χ0) is 16.2. The molecule has 1 aliphatic rings. The van der Waals surface area contributed by atoms with E-state index in [-0.39, 0.29) is 11.2 Å². The number of aliphatic hydroxyl groups is 3. The van der Waals surface area contributed by atoms with E-state index in [0.29, 0.717) is 4.73 Å². The molecule has 0 amide bonds. The molecule has 3 rings (SSSR count). The summed E-state index contributed by atoms with van der Waals surface area (Å²) in [7, 11) is 0. The molecule has 11 nitrogen and oxygen atoms in total. The maximum Gasteiger partial charge on any atom is 0.302 e. The van der Waals surface area contributed by atoms with E-state index in [9.17, 15) is 25.3 Å². The predicted molar refractivity (Wildman–Crippen MR) is 71.0 cm³/mol. The van der Waals surface area contributed by atoms with Crippen LogP contribution in [-0.4, -0.2) is 64.2 Å². The van der Waals surface area contributed by atoms with E-state index in [2.05, 4.69) is 9.97 Å². The molecule has 22 heavy (non-hydrogen) atoms. The quantitative estimate of drug-likeness (QED) is 0.373. The van der Waals surface area contributed by atoms with Gasteiger partial charge in [0.1, 0.15) is 17.8 Å². The average Bonchev–Trinajstić information content (AvgIpc) is 3.01. The standard InChI is InChI=1S/C11H15N5O6/c1-11(2-17)6(19)5(18)9(22-11)15-3-13-4-7(20)14-10(12)16(21)8(4)15/h3,5-6,9,17-19,21H,2H2,1H3,(H2,12,14,20)/t5?,6?,9-,11-/m1/s1. The van der Waals surface area contributed by atoms with Crippen LogP contribution in [0.3, 0.4) is 0 Å². The van der Waals surface area contributed by atoms with Crippen LogP contribution in [0.15, 0.2) is 11.1 Å². The lowest BCUT2D eigenvalue weighted by Crippen LogP contribution is -2.43. The summed E-state index contributed by atoms with van der Waals surface area (Å²) in [5.41, 5.74) is 2.94. The molecule has 0 bridgehead atoms. The molecule has 2 aromatic heterocycles. The van der Waals surface area contributed by atoms with E-state index >= 15 is 0 Å². The van der Waals surface area contributed by atoms with Crippen LogP contribution in [0.25, 0.3) is 11.2 Å². The van der Waals surface area contributed by atoms with Crippen LogP contribution < -0.4 is 11.3 Å². The number of hydrogen-bond donors (Lipinski definition) is 5. The van der Waals surface area contributed by atoms with Gasteiger partial charge in [0.2, 0.25) is 5.95 Å². The fourth-order valence-electron chi connectivity index (χ4n) is 2.50. The van der Waals surface area contributed by atoms with Crippen molar-refractivity contribution in [3.05, 3.63) is 16.7 Å². The summed E-state index contributed by atoms with van der Waals surface area (Å²) in [6.07, 6.45) is -2.84. The summed E-state index contributed by atoms with van der Waals surface area (Å²) >= 11 is 0. The van der Waals surface area contributed by atoms with Crippen molar-refractivity contribution in [2.75, 3.05) is 12.3 Å². The zero-order valence-corrected chi connectivity index (χ0v) is 11.5. The lowest BCUT2D eigenvalue weighted by Gasteiger charge is -2.24. The Morgan fingerprint density at radius 2 is 2.18 bits per heavy atom. The second-order valence-electron chi connectivity index (χ2n) is 5.33. The minimum absolute atomic E-state index is 0.143. The molecule has 1 aliphatic heterocycles. The summed E-state index contributed by atoms with van der Waals surface area (Å²) in [5.74, 6) is -0.461. The van der Waals surface area contributed by atoms with E-state index < -0.39 is 42.2 Å². The van der Waals surface area contributed by atoms with Crippen molar-refractivity contribution in [2.24, 2.45) is 0 Å². The first kappa shape index (κ1) is 14.7. The largest absolute Gasteiger partial charge is 0.423 e. The molecule has 0 saturated carbocycles. The number of hydrogen-bond acceptors (Lipinski definition) is 9. The van der Waals surface area contributed by atoms with Gasteiger partial charge in [-0.3, -0.25) is 9.36 Å². The van der Waals surface area contributed by atoms with Gasteiger partial charge in [0, 0.05) is 0 Å². The zero-order valence-electron chi connectivity index (χ0n) is 11.5. The lowest BCUT2D eigenvalue weighted by atomic mass is 9.99. The monoisotopic (exact) mass is 313 g/mol. The van der Waals surface area contributed by atoms with Crippen molar-refractivity contribution in [1.29, 1.82) is 0 Å². The Bertz CT molecular complexity index is 787. The van der Waals surface area contributed by atoms with Gasteiger partial charge >= 0.3 is 5.56 Å². The minimum Gasteiger partial charge on any atom is -0.423 e. The highest BCUT2D eigenvalue weighted by Gasteiger charge is 2.52. The smallest absolute Gasteiger partial charge is 0.302 e. The summed E-state index contributed by atoms with van der Waals surface area (Å²) in [6.45, 7) is 0.881. The maximum absolute atomic E-state index is 11.7. The van der Waals surface area contributed by atoms with Gasteiger partial charge in [-0.05, 0) is 6.92 Å². The number of nitrogen functional groups attached to an aromatic ring is 1. The summed E-state index contributed by atoms with van der Waals surface area (Å²) < 4.78 is 7.07.